The lowest BCUT2D eigenvalue weighted by Crippen LogP contribution is -2.39. The maximum absolute atomic E-state index is 12.2. The highest BCUT2D eigenvalue weighted by molar-refractivity contribution is 7.89. The molecule has 0 radical (unpaired) electrons. The Labute approximate surface area is 160 Å². The van der Waals surface area contributed by atoms with Crippen molar-refractivity contribution in [2.24, 2.45) is 5.92 Å². The second-order valence-electron chi connectivity index (χ2n) is 6.54. The van der Waals surface area contributed by atoms with E-state index in [4.69, 9.17) is 0 Å². The number of hydrogen-bond donors (Lipinski definition) is 2. The van der Waals surface area contributed by atoms with Crippen molar-refractivity contribution in [3.63, 3.8) is 0 Å². The fourth-order valence-electron chi connectivity index (χ4n) is 3.27. The number of carbonyl (C=O) groups is 2. The first-order valence-corrected chi connectivity index (χ1v) is 10.3. The molecule has 2 aliphatic rings. The van der Waals surface area contributed by atoms with Gasteiger partial charge >= 0.3 is 0 Å². The fourth-order valence-corrected chi connectivity index (χ4v) is 4.41. The van der Waals surface area contributed by atoms with E-state index >= 15 is 0 Å². The van der Waals surface area contributed by atoms with Crippen molar-refractivity contribution >= 4 is 34.2 Å². The van der Waals surface area contributed by atoms with Crippen LogP contribution in [0.1, 0.15) is 40.0 Å². The number of sulfonamides is 1. The summed E-state index contributed by atoms with van der Waals surface area (Å²) in [5, 5.41) is 3.25. The Morgan fingerprint density at radius 3 is 2.38 bits per heavy atom. The van der Waals surface area contributed by atoms with Crippen molar-refractivity contribution in [3.05, 3.63) is 35.4 Å². The molecule has 2 aliphatic heterocycles. The van der Waals surface area contributed by atoms with Crippen molar-refractivity contribution in [1.82, 2.24) is 14.9 Å². The van der Waals surface area contributed by atoms with Crippen molar-refractivity contribution in [2.45, 2.75) is 19.3 Å². The van der Waals surface area contributed by atoms with Gasteiger partial charge in [0.2, 0.25) is 10.0 Å². The van der Waals surface area contributed by atoms with Crippen LogP contribution in [0.2, 0.25) is 0 Å². The Balaban J connectivity index is 0.00000243. The zero-order chi connectivity index (χ0) is 17.9. The average Bonchev–Trinajstić information content (AvgIpc) is 2.86. The Morgan fingerprint density at radius 2 is 1.81 bits per heavy atom. The number of piperidine rings is 1. The quantitative estimate of drug-likeness (QED) is 0.665. The van der Waals surface area contributed by atoms with Gasteiger partial charge in [-0.25, -0.2) is 13.1 Å². The van der Waals surface area contributed by atoms with Gasteiger partial charge in [-0.1, -0.05) is 12.1 Å². The predicted molar refractivity (Wildman–Crippen MR) is 101 cm³/mol. The van der Waals surface area contributed by atoms with E-state index in [-0.39, 0.29) is 42.9 Å². The number of amides is 2. The molecule has 144 valence electrons. The van der Waals surface area contributed by atoms with E-state index in [1.165, 1.54) is 0 Å². The second-order valence-corrected chi connectivity index (χ2v) is 8.47. The third-order valence-corrected chi connectivity index (χ3v) is 6.10. The smallest absolute Gasteiger partial charge is 0.261 e. The first-order valence-electron chi connectivity index (χ1n) is 8.61. The zero-order valence-electron chi connectivity index (χ0n) is 14.4. The van der Waals surface area contributed by atoms with Crippen molar-refractivity contribution < 1.29 is 18.0 Å². The van der Waals surface area contributed by atoms with E-state index in [9.17, 15) is 18.0 Å². The lowest BCUT2D eigenvalue weighted by Gasteiger charge is -2.22. The van der Waals surface area contributed by atoms with E-state index in [2.05, 4.69) is 10.0 Å². The number of carbonyl (C=O) groups excluding carboxylic acids is 2. The van der Waals surface area contributed by atoms with Crippen molar-refractivity contribution in [3.8, 4) is 0 Å². The Hall–Kier alpha value is -1.48. The van der Waals surface area contributed by atoms with E-state index in [0.717, 1.165) is 30.8 Å². The molecule has 1 unspecified atom stereocenters. The molecule has 9 heteroatoms. The molecule has 1 fully saturated rings. The largest absolute Gasteiger partial charge is 0.316 e. The summed E-state index contributed by atoms with van der Waals surface area (Å²) in [6, 6.07) is 6.65. The summed E-state index contributed by atoms with van der Waals surface area (Å²) in [5.74, 6) is -0.473. The van der Waals surface area contributed by atoms with Gasteiger partial charge < -0.3 is 5.32 Å². The third kappa shape index (κ3) is 4.82. The van der Waals surface area contributed by atoms with Crippen LogP contribution in [0.25, 0.3) is 0 Å². The minimum atomic E-state index is -3.40. The highest BCUT2D eigenvalue weighted by atomic mass is 35.5. The lowest BCUT2D eigenvalue weighted by atomic mass is 10.0. The summed E-state index contributed by atoms with van der Waals surface area (Å²) in [6.45, 7) is 2.36. The summed E-state index contributed by atoms with van der Waals surface area (Å²) in [6.07, 6.45) is 2.31. The molecule has 0 spiro atoms. The molecule has 2 amide bonds. The van der Waals surface area contributed by atoms with Gasteiger partial charge in [0.25, 0.3) is 11.8 Å². The zero-order valence-corrected chi connectivity index (χ0v) is 16.1. The predicted octanol–water partition coefficient (Wildman–Crippen LogP) is 1.01. The normalized spacial score (nSPS) is 20.0. The van der Waals surface area contributed by atoms with Crippen LogP contribution in [0.5, 0.6) is 0 Å². The van der Waals surface area contributed by atoms with Crippen LogP contribution < -0.4 is 10.0 Å². The minimum absolute atomic E-state index is 0. The van der Waals surface area contributed by atoms with E-state index in [1.54, 1.807) is 24.3 Å². The SMILES string of the molecule is Cl.O=C1c2ccccc2C(=O)N1CCCS(=O)(=O)NCC1CCCNC1. The second kappa shape index (κ2) is 8.94. The fraction of sp³-hybridized carbons (Fsp3) is 0.529. The summed E-state index contributed by atoms with van der Waals surface area (Å²) in [5.41, 5.74) is 0.775. The Morgan fingerprint density at radius 1 is 1.15 bits per heavy atom. The lowest BCUT2D eigenvalue weighted by molar-refractivity contribution is 0.0654. The first-order chi connectivity index (χ1) is 12.0. The van der Waals surface area contributed by atoms with Gasteiger partial charge in [0.1, 0.15) is 0 Å². The van der Waals surface area contributed by atoms with Crippen molar-refractivity contribution in [1.29, 1.82) is 0 Å². The van der Waals surface area contributed by atoms with Gasteiger partial charge in [0, 0.05) is 13.1 Å². The van der Waals surface area contributed by atoms with E-state index in [1.807, 2.05) is 0 Å². The number of benzene rings is 1. The number of fused-ring (bicyclic) bond motifs is 1. The number of nitrogens with zero attached hydrogens (tertiary/aromatic N) is 1. The Kier molecular flexibility index (Phi) is 7.16. The summed E-state index contributed by atoms with van der Waals surface area (Å²) < 4.78 is 26.9. The van der Waals surface area contributed by atoms with Gasteiger partial charge in [0.05, 0.1) is 16.9 Å². The van der Waals surface area contributed by atoms with Gasteiger partial charge in [-0.3, -0.25) is 14.5 Å². The van der Waals surface area contributed by atoms with Crippen LogP contribution in [-0.4, -0.2) is 57.1 Å². The standard InChI is InChI=1S/C17H23N3O4S.ClH/c21-16-14-6-1-2-7-15(14)17(22)20(16)9-4-10-25(23,24)19-12-13-5-3-8-18-11-13;/h1-2,6-7,13,18-19H,3-5,8-12H2;1H. The molecule has 7 nitrogen and oxygen atoms in total. The maximum atomic E-state index is 12.2. The van der Waals surface area contributed by atoms with E-state index < -0.39 is 10.0 Å². The van der Waals surface area contributed by atoms with Crippen molar-refractivity contribution in [2.75, 3.05) is 31.9 Å². The molecule has 2 heterocycles. The summed E-state index contributed by atoms with van der Waals surface area (Å²) in [7, 11) is -3.40. The summed E-state index contributed by atoms with van der Waals surface area (Å²) >= 11 is 0. The molecular weight excluding hydrogens is 378 g/mol. The van der Waals surface area contributed by atoms with Gasteiger partial charge in [-0.15, -0.1) is 12.4 Å². The number of hydrogen-bond acceptors (Lipinski definition) is 5. The third-order valence-electron chi connectivity index (χ3n) is 4.66. The monoisotopic (exact) mass is 401 g/mol. The molecule has 1 saturated heterocycles. The number of rotatable bonds is 7. The molecule has 26 heavy (non-hydrogen) atoms. The van der Waals surface area contributed by atoms with Gasteiger partial charge in [-0.2, -0.15) is 0 Å². The molecule has 0 bridgehead atoms. The maximum Gasteiger partial charge on any atom is 0.261 e. The molecule has 0 aromatic heterocycles. The number of imide groups is 1. The van der Waals surface area contributed by atoms with Crippen LogP contribution in [0.15, 0.2) is 24.3 Å². The van der Waals surface area contributed by atoms with Crippen LogP contribution >= 0.6 is 12.4 Å². The highest BCUT2D eigenvalue weighted by Gasteiger charge is 2.34. The van der Waals surface area contributed by atoms with Gasteiger partial charge in [0.15, 0.2) is 0 Å². The highest BCUT2D eigenvalue weighted by Crippen LogP contribution is 2.22. The topological polar surface area (TPSA) is 95.6 Å². The minimum Gasteiger partial charge on any atom is -0.316 e. The molecule has 1 aromatic rings. The molecule has 3 rings (SSSR count). The molecule has 2 N–H and O–H groups in total. The van der Waals surface area contributed by atoms with Crippen LogP contribution in [0.4, 0.5) is 0 Å². The van der Waals surface area contributed by atoms with Crippen LogP contribution in [0.3, 0.4) is 0 Å². The van der Waals surface area contributed by atoms with E-state index in [0.29, 0.717) is 23.6 Å². The molecule has 0 aliphatic carbocycles. The number of nitrogens with one attached hydrogen (secondary N) is 2. The van der Waals surface area contributed by atoms with Crippen LogP contribution in [-0.2, 0) is 10.0 Å². The molecular formula is C17H24ClN3O4S. The molecule has 1 atom stereocenters. The van der Waals surface area contributed by atoms with Gasteiger partial charge in [-0.05, 0) is 50.4 Å². The van der Waals surface area contributed by atoms with Crippen LogP contribution in [0, 0.1) is 5.92 Å². The molecule has 0 saturated carbocycles. The first kappa shape index (κ1) is 20.8. The summed E-state index contributed by atoms with van der Waals surface area (Å²) in [4.78, 5) is 25.6. The average molecular weight is 402 g/mol. The number of halogens is 1. The molecule has 1 aromatic carbocycles. The Bertz CT molecular complexity index is 728.